The van der Waals surface area contributed by atoms with Gasteiger partial charge < -0.3 is 10.4 Å². The molecule has 6 nitrogen and oxygen atoms in total. The van der Waals surface area contributed by atoms with Crippen molar-refractivity contribution >= 4 is 40.5 Å². The molecule has 0 unspecified atom stereocenters. The van der Waals surface area contributed by atoms with Gasteiger partial charge in [-0.25, -0.2) is 4.79 Å². The first kappa shape index (κ1) is 17.8. The number of nitro benzene ring substituents is 1. The Bertz CT molecular complexity index is 1010. The van der Waals surface area contributed by atoms with Gasteiger partial charge in [-0.1, -0.05) is 41.4 Å². The van der Waals surface area contributed by atoms with Gasteiger partial charge in [-0.2, -0.15) is 0 Å². The molecule has 2 aromatic carbocycles. The van der Waals surface area contributed by atoms with Crippen LogP contribution in [0.15, 0.2) is 42.5 Å². The number of carbonyl (C=O) groups is 1. The number of nitrogens with one attached hydrogen (secondary N) is 1. The van der Waals surface area contributed by atoms with E-state index in [9.17, 15) is 20.0 Å². The molecule has 0 saturated carbocycles. The molecule has 3 atom stereocenters. The van der Waals surface area contributed by atoms with Gasteiger partial charge in [0.25, 0.3) is 5.69 Å². The third-order valence-electron chi connectivity index (χ3n) is 5.23. The van der Waals surface area contributed by atoms with Crippen molar-refractivity contribution in [2.75, 3.05) is 5.32 Å². The minimum absolute atomic E-state index is 0.0230. The fourth-order valence-electron chi connectivity index (χ4n) is 4.05. The second-order valence-corrected chi connectivity index (χ2v) is 7.45. The summed E-state index contributed by atoms with van der Waals surface area (Å²) in [6.45, 7) is 0. The maximum Gasteiger partial charge on any atom is 0.336 e. The minimum Gasteiger partial charge on any atom is -0.478 e. The van der Waals surface area contributed by atoms with Crippen molar-refractivity contribution in [2.24, 2.45) is 5.92 Å². The van der Waals surface area contributed by atoms with E-state index >= 15 is 0 Å². The van der Waals surface area contributed by atoms with Gasteiger partial charge in [-0.3, -0.25) is 10.1 Å². The summed E-state index contributed by atoms with van der Waals surface area (Å²) in [5, 5.41) is 24.7. The van der Waals surface area contributed by atoms with Crippen LogP contribution in [0.25, 0.3) is 0 Å². The monoisotopic (exact) mass is 404 g/mol. The molecule has 0 bridgehead atoms. The van der Waals surface area contributed by atoms with Gasteiger partial charge >= 0.3 is 5.97 Å². The zero-order valence-corrected chi connectivity index (χ0v) is 15.4. The molecule has 0 aromatic heterocycles. The molecule has 4 rings (SSSR count). The lowest BCUT2D eigenvalue weighted by molar-refractivity contribution is -0.384. The second-order valence-electron chi connectivity index (χ2n) is 6.63. The summed E-state index contributed by atoms with van der Waals surface area (Å²) in [4.78, 5) is 22.4. The molecule has 0 fully saturated rings. The number of halogens is 2. The number of nitrogens with zero attached hydrogens (tertiary/aromatic N) is 1. The van der Waals surface area contributed by atoms with Crippen molar-refractivity contribution in [3.05, 3.63) is 79.3 Å². The first-order valence-electron chi connectivity index (χ1n) is 8.31. The van der Waals surface area contributed by atoms with E-state index in [0.717, 1.165) is 6.42 Å². The van der Waals surface area contributed by atoms with Gasteiger partial charge in [0, 0.05) is 12.0 Å². The van der Waals surface area contributed by atoms with Crippen LogP contribution >= 0.6 is 23.2 Å². The number of carboxylic acids is 1. The molecule has 27 heavy (non-hydrogen) atoms. The molecule has 1 aliphatic heterocycles. The van der Waals surface area contributed by atoms with Gasteiger partial charge in [0.1, 0.15) is 5.02 Å². The maximum atomic E-state index is 11.7. The van der Waals surface area contributed by atoms with E-state index in [2.05, 4.69) is 5.32 Å². The summed E-state index contributed by atoms with van der Waals surface area (Å²) < 4.78 is 0. The quantitative estimate of drug-likeness (QED) is 0.404. The number of aromatic carboxylic acids is 1. The largest absolute Gasteiger partial charge is 0.478 e. The molecular formula is C19H14Cl2N2O4. The van der Waals surface area contributed by atoms with E-state index in [-0.39, 0.29) is 34.2 Å². The van der Waals surface area contributed by atoms with Crippen LogP contribution in [-0.4, -0.2) is 16.0 Å². The second kappa shape index (κ2) is 6.55. The van der Waals surface area contributed by atoms with Crippen LogP contribution in [0, 0.1) is 16.0 Å². The summed E-state index contributed by atoms with van der Waals surface area (Å²) in [6, 6.07) is 7.55. The van der Waals surface area contributed by atoms with Crippen LogP contribution in [0.2, 0.25) is 10.0 Å². The smallest absolute Gasteiger partial charge is 0.336 e. The number of rotatable bonds is 3. The van der Waals surface area contributed by atoms with Crippen LogP contribution in [0.4, 0.5) is 11.4 Å². The number of hydrogen-bond acceptors (Lipinski definition) is 4. The molecule has 0 amide bonds. The lowest BCUT2D eigenvalue weighted by atomic mass is 9.75. The van der Waals surface area contributed by atoms with Crippen LogP contribution in [0.1, 0.15) is 39.9 Å². The van der Waals surface area contributed by atoms with Crippen molar-refractivity contribution in [1.29, 1.82) is 0 Å². The average molecular weight is 405 g/mol. The number of carboxylic acid groups (broad SMARTS) is 1. The zero-order valence-electron chi connectivity index (χ0n) is 13.9. The highest BCUT2D eigenvalue weighted by Gasteiger charge is 2.41. The van der Waals surface area contributed by atoms with E-state index in [1.807, 2.05) is 12.2 Å². The molecule has 1 heterocycles. The van der Waals surface area contributed by atoms with Gasteiger partial charge in [-0.05, 0) is 41.7 Å². The van der Waals surface area contributed by atoms with Gasteiger partial charge in [0.15, 0.2) is 0 Å². The minimum atomic E-state index is -1.01. The molecule has 2 aliphatic rings. The van der Waals surface area contributed by atoms with Crippen LogP contribution in [0.3, 0.4) is 0 Å². The van der Waals surface area contributed by atoms with Gasteiger partial charge in [0.2, 0.25) is 0 Å². The standard InChI is InChI=1S/C19H14Cl2N2O4/c20-13-6-4-9(8-15(13)23(26)27)17-11-3-1-2-10(11)16-12(19(24)25)5-7-14(21)18(16)22-17/h1-2,4-8,10-11,17,22H,3H2,(H,24,25)/t10-,11+,17+/m1/s1. The Kier molecular flexibility index (Phi) is 4.32. The molecule has 2 N–H and O–H groups in total. The summed E-state index contributed by atoms with van der Waals surface area (Å²) >= 11 is 12.3. The van der Waals surface area contributed by atoms with Crippen LogP contribution in [0.5, 0.6) is 0 Å². The number of anilines is 1. The highest BCUT2D eigenvalue weighted by atomic mass is 35.5. The van der Waals surface area contributed by atoms with E-state index in [1.165, 1.54) is 18.2 Å². The lowest BCUT2D eigenvalue weighted by Gasteiger charge is -2.38. The summed E-state index contributed by atoms with van der Waals surface area (Å²) in [5.74, 6) is -1.12. The topological polar surface area (TPSA) is 92.5 Å². The van der Waals surface area contributed by atoms with Gasteiger partial charge in [0.05, 0.1) is 27.2 Å². The first-order valence-corrected chi connectivity index (χ1v) is 9.06. The Labute approximate surface area is 164 Å². The van der Waals surface area contributed by atoms with E-state index in [0.29, 0.717) is 21.8 Å². The molecule has 138 valence electrons. The van der Waals surface area contributed by atoms with E-state index in [1.54, 1.807) is 12.1 Å². The van der Waals surface area contributed by atoms with Crippen molar-refractivity contribution in [2.45, 2.75) is 18.4 Å². The Morgan fingerprint density at radius 2 is 1.96 bits per heavy atom. The molecule has 1 aliphatic carbocycles. The van der Waals surface area contributed by atoms with Gasteiger partial charge in [-0.15, -0.1) is 0 Å². The van der Waals surface area contributed by atoms with Crippen LogP contribution < -0.4 is 5.32 Å². The summed E-state index contributed by atoms with van der Waals surface area (Å²) in [6.07, 6.45) is 4.73. The Balaban J connectivity index is 1.86. The number of benzene rings is 2. The molecule has 0 spiro atoms. The molecule has 2 aromatic rings. The highest BCUT2D eigenvalue weighted by Crippen LogP contribution is 2.53. The van der Waals surface area contributed by atoms with Crippen molar-refractivity contribution < 1.29 is 14.8 Å². The number of hydrogen-bond donors (Lipinski definition) is 2. The normalized spacial score (nSPS) is 22.7. The zero-order chi connectivity index (χ0) is 19.3. The fourth-order valence-corrected chi connectivity index (χ4v) is 4.46. The van der Waals surface area contributed by atoms with Crippen molar-refractivity contribution in [3.8, 4) is 0 Å². The Morgan fingerprint density at radius 3 is 2.67 bits per heavy atom. The molecule has 0 radical (unpaired) electrons. The summed E-state index contributed by atoms with van der Waals surface area (Å²) in [5.41, 5.74) is 1.99. The number of allylic oxidation sites excluding steroid dienone is 2. The van der Waals surface area contributed by atoms with Crippen molar-refractivity contribution in [1.82, 2.24) is 0 Å². The molecule has 0 saturated heterocycles. The average Bonchev–Trinajstić information content (AvgIpc) is 3.11. The van der Waals surface area contributed by atoms with E-state index < -0.39 is 10.9 Å². The number of nitro groups is 1. The summed E-state index contributed by atoms with van der Waals surface area (Å²) in [7, 11) is 0. The molecular weight excluding hydrogens is 391 g/mol. The highest BCUT2D eigenvalue weighted by molar-refractivity contribution is 6.33. The molecule has 8 heteroatoms. The first-order chi connectivity index (χ1) is 12.9. The fraction of sp³-hybridized carbons (Fsp3) is 0.211. The predicted octanol–water partition coefficient (Wildman–Crippen LogP) is 5.43. The number of fused-ring (bicyclic) bond motifs is 3. The third kappa shape index (κ3) is 2.85. The maximum absolute atomic E-state index is 11.7. The van der Waals surface area contributed by atoms with Crippen molar-refractivity contribution in [3.63, 3.8) is 0 Å². The van der Waals surface area contributed by atoms with Crippen LogP contribution in [-0.2, 0) is 0 Å². The Hall–Kier alpha value is -2.57. The Morgan fingerprint density at radius 1 is 1.22 bits per heavy atom. The SMILES string of the molecule is O=C(O)c1ccc(Cl)c2c1[C@@H]1C=CC[C@@H]1[C@H](c1ccc(Cl)c([N+](=O)[O-])c1)N2. The predicted molar refractivity (Wildman–Crippen MR) is 103 cm³/mol. The lowest BCUT2D eigenvalue weighted by Crippen LogP contribution is -2.30. The van der Waals surface area contributed by atoms with E-state index in [4.69, 9.17) is 23.2 Å². The third-order valence-corrected chi connectivity index (χ3v) is 5.86.